The minimum absolute atomic E-state index is 0.376. The molecule has 0 aliphatic carbocycles. The summed E-state index contributed by atoms with van der Waals surface area (Å²) < 4.78 is 15.7. The average Bonchev–Trinajstić information content (AvgIpc) is 2.73. The van der Waals surface area contributed by atoms with Gasteiger partial charge in [-0.3, -0.25) is 4.99 Å². The van der Waals surface area contributed by atoms with Gasteiger partial charge in [0.1, 0.15) is 5.75 Å². The van der Waals surface area contributed by atoms with Crippen LogP contribution in [-0.4, -0.2) is 52.7 Å². The van der Waals surface area contributed by atoms with Crippen LogP contribution in [-0.2, 0) is 9.47 Å². The summed E-state index contributed by atoms with van der Waals surface area (Å²) in [7, 11) is 3.02. The first-order chi connectivity index (χ1) is 13.1. The van der Waals surface area contributed by atoms with Crippen molar-refractivity contribution in [3.05, 3.63) is 53.1 Å². The van der Waals surface area contributed by atoms with Gasteiger partial charge in [-0.25, -0.2) is 4.79 Å². The van der Waals surface area contributed by atoms with Gasteiger partial charge in [-0.1, -0.05) is 6.07 Å². The Bertz CT molecular complexity index is 842. The molecule has 0 atom stereocenters. The molecule has 2 aromatic carbocycles. The Balaban J connectivity index is 1.85. The summed E-state index contributed by atoms with van der Waals surface area (Å²) >= 11 is 0. The van der Waals surface area contributed by atoms with Gasteiger partial charge in [-0.05, 0) is 36.8 Å². The highest BCUT2D eigenvalue weighted by Gasteiger charge is 2.13. The maximum absolute atomic E-state index is 11.7. The molecule has 1 heterocycles. The Morgan fingerprint density at radius 3 is 2.63 bits per heavy atom. The number of methoxy groups -OCH3 is 2. The van der Waals surface area contributed by atoms with Crippen LogP contribution in [0.4, 0.5) is 11.4 Å². The molecule has 3 rings (SSSR count). The molecule has 1 saturated heterocycles. The van der Waals surface area contributed by atoms with Gasteiger partial charge in [0.15, 0.2) is 0 Å². The maximum atomic E-state index is 11.7. The zero-order chi connectivity index (χ0) is 19.2. The molecule has 0 amide bonds. The van der Waals surface area contributed by atoms with E-state index in [1.165, 1.54) is 7.11 Å². The molecule has 6 heteroatoms. The van der Waals surface area contributed by atoms with E-state index in [1.807, 2.05) is 25.1 Å². The van der Waals surface area contributed by atoms with Crippen molar-refractivity contribution in [2.75, 3.05) is 45.4 Å². The molecule has 0 N–H and O–H groups in total. The van der Waals surface area contributed by atoms with Crippen LogP contribution in [0.1, 0.15) is 21.5 Å². The predicted octanol–water partition coefficient (Wildman–Crippen LogP) is 3.38. The maximum Gasteiger partial charge on any atom is 0.337 e. The van der Waals surface area contributed by atoms with E-state index in [-0.39, 0.29) is 5.97 Å². The number of ether oxygens (including phenoxy) is 3. The molecule has 142 valence electrons. The van der Waals surface area contributed by atoms with Gasteiger partial charge >= 0.3 is 5.97 Å². The van der Waals surface area contributed by atoms with Crippen molar-refractivity contribution >= 4 is 23.6 Å². The molecule has 2 aromatic rings. The Kier molecular flexibility index (Phi) is 6.08. The normalized spacial score (nSPS) is 14.4. The molecule has 6 nitrogen and oxygen atoms in total. The summed E-state index contributed by atoms with van der Waals surface area (Å²) in [5.74, 6) is 0.378. The monoisotopic (exact) mass is 368 g/mol. The first-order valence-corrected chi connectivity index (χ1v) is 8.86. The minimum Gasteiger partial charge on any atom is -0.496 e. The topological polar surface area (TPSA) is 60.4 Å². The number of morpholine rings is 1. The van der Waals surface area contributed by atoms with Crippen molar-refractivity contribution in [3.63, 3.8) is 0 Å². The number of carbonyl (C=O) groups excluding carboxylic acids is 1. The average molecular weight is 368 g/mol. The van der Waals surface area contributed by atoms with Gasteiger partial charge in [-0.2, -0.15) is 0 Å². The van der Waals surface area contributed by atoms with Crippen LogP contribution >= 0.6 is 0 Å². The zero-order valence-electron chi connectivity index (χ0n) is 15.9. The molecule has 1 aliphatic rings. The predicted molar refractivity (Wildman–Crippen MR) is 106 cm³/mol. The second-order valence-corrected chi connectivity index (χ2v) is 6.28. The van der Waals surface area contributed by atoms with Crippen LogP contribution in [0.15, 0.2) is 41.4 Å². The van der Waals surface area contributed by atoms with Gasteiger partial charge in [0.25, 0.3) is 0 Å². The summed E-state index contributed by atoms with van der Waals surface area (Å²) in [5, 5.41) is 0. The lowest BCUT2D eigenvalue weighted by Gasteiger charge is -2.29. The molecule has 27 heavy (non-hydrogen) atoms. The van der Waals surface area contributed by atoms with Crippen LogP contribution in [0.5, 0.6) is 5.75 Å². The standard InChI is InChI=1S/C21H24N2O4/c1-15-4-5-16(21(24)26-3)12-19(15)22-14-17-6-7-18(13-20(17)25-2)23-8-10-27-11-9-23/h4-7,12-14H,8-11H2,1-3H3. The highest BCUT2D eigenvalue weighted by molar-refractivity contribution is 5.91. The second-order valence-electron chi connectivity index (χ2n) is 6.28. The fourth-order valence-corrected chi connectivity index (χ4v) is 2.96. The van der Waals surface area contributed by atoms with E-state index in [9.17, 15) is 4.79 Å². The van der Waals surface area contributed by atoms with Gasteiger partial charge in [-0.15, -0.1) is 0 Å². The summed E-state index contributed by atoms with van der Waals surface area (Å²) in [4.78, 5) is 18.6. The number of rotatable bonds is 5. The number of nitrogens with zero attached hydrogens (tertiary/aromatic N) is 2. The molecule has 0 saturated carbocycles. The van der Waals surface area contributed by atoms with E-state index >= 15 is 0 Å². The van der Waals surface area contributed by atoms with Gasteiger partial charge in [0.2, 0.25) is 0 Å². The van der Waals surface area contributed by atoms with E-state index < -0.39 is 0 Å². The van der Waals surface area contributed by atoms with Gasteiger partial charge in [0, 0.05) is 36.6 Å². The van der Waals surface area contributed by atoms with Crippen molar-refractivity contribution in [2.45, 2.75) is 6.92 Å². The lowest BCUT2D eigenvalue weighted by Crippen LogP contribution is -2.36. The van der Waals surface area contributed by atoms with Crippen LogP contribution in [0.25, 0.3) is 0 Å². The first kappa shape index (κ1) is 18.9. The first-order valence-electron chi connectivity index (χ1n) is 8.86. The Morgan fingerprint density at radius 1 is 1.15 bits per heavy atom. The number of hydrogen-bond acceptors (Lipinski definition) is 6. The van der Waals surface area contributed by atoms with E-state index in [4.69, 9.17) is 14.2 Å². The minimum atomic E-state index is -0.376. The third-order valence-corrected chi connectivity index (χ3v) is 4.57. The molecule has 1 fully saturated rings. The number of anilines is 1. The molecular formula is C21H24N2O4. The van der Waals surface area contributed by atoms with Gasteiger partial charge < -0.3 is 19.1 Å². The summed E-state index contributed by atoms with van der Waals surface area (Å²) in [6.07, 6.45) is 1.76. The Hall–Kier alpha value is -2.86. The molecule has 0 spiro atoms. The quantitative estimate of drug-likeness (QED) is 0.598. The smallest absolute Gasteiger partial charge is 0.337 e. The lowest BCUT2D eigenvalue weighted by molar-refractivity contribution is 0.0600. The Morgan fingerprint density at radius 2 is 1.93 bits per heavy atom. The number of benzene rings is 2. The summed E-state index contributed by atoms with van der Waals surface area (Å²) in [5.41, 5.74) is 4.15. The third kappa shape index (κ3) is 4.46. The van der Waals surface area contributed by atoms with Crippen LogP contribution in [0, 0.1) is 6.92 Å². The van der Waals surface area contributed by atoms with E-state index in [2.05, 4.69) is 16.0 Å². The fourth-order valence-electron chi connectivity index (χ4n) is 2.96. The molecule has 0 radical (unpaired) electrons. The highest BCUT2D eigenvalue weighted by Crippen LogP contribution is 2.27. The number of aliphatic imine (C=N–C) groups is 1. The van der Waals surface area contributed by atoms with E-state index in [0.29, 0.717) is 5.56 Å². The number of carbonyl (C=O) groups is 1. The van der Waals surface area contributed by atoms with Crippen molar-refractivity contribution in [1.29, 1.82) is 0 Å². The second kappa shape index (κ2) is 8.68. The number of esters is 1. The van der Waals surface area contributed by atoms with Gasteiger partial charge in [0.05, 0.1) is 38.7 Å². The van der Waals surface area contributed by atoms with E-state index in [0.717, 1.165) is 54.6 Å². The summed E-state index contributed by atoms with van der Waals surface area (Å²) in [6.45, 7) is 5.17. The molecule has 0 bridgehead atoms. The molecule has 0 aromatic heterocycles. The summed E-state index contributed by atoms with van der Waals surface area (Å²) in [6, 6.07) is 11.4. The third-order valence-electron chi connectivity index (χ3n) is 4.57. The molecular weight excluding hydrogens is 344 g/mol. The molecule has 1 aliphatic heterocycles. The van der Waals surface area contributed by atoms with Crippen LogP contribution in [0.3, 0.4) is 0 Å². The van der Waals surface area contributed by atoms with Crippen LogP contribution in [0.2, 0.25) is 0 Å². The van der Waals surface area contributed by atoms with Crippen molar-refractivity contribution in [2.24, 2.45) is 4.99 Å². The largest absolute Gasteiger partial charge is 0.496 e. The Labute approximate surface area is 159 Å². The number of aryl methyl sites for hydroxylation is 1. The van der Waals surface area contributed by atoms with Crippen LogP contribution < -0.4 is 9.64 Å². The zero-order valence-corrected chi connectivity index (χ0v) is 15.9. The molecule has 0 unspecified atom stereocenters. The highest BCUT2D eigenvalue weighted by atomic mass is 16.5. The fraction of sp³-hybridized carbons (Fsp3) is 0.333. The van der Waals surface area contributed by atoms with Crippen molar-refractivity contribution < 1.29 is 19.0 Å². The SMILES string of the molecule is COC(=O)c1ccc(C)c(N=Cc2ccc(N3CCOCC3)cc2OC)c1. The van der Waals surface area contributed by atoms with Crippen molar-refractivity contribution in [1.82, 2.24) is 0 Å². The van der Waals surface area contributed by atoms with Crippen molar-refractivity contribution in [3.8, 4) is 5.75 Å². The van der Waals surface area contributed by atoms with E-state index in [1.54, 1.807) is 25.5 Å². The lowest BCUT2D eigenvalue weighted by atomic mass is 10.1. The number of hydrogen-bond donors (Lipinski definition) is 0.